The van der Waals surface area contributed by atoms with E-state index in [0.29, 0.717) is 24.4 Å². The summed E-state index contributed by atoms with van der Waals surface area (Å²) in [4.78, 5) is 47.9. The standard InChI is InChI=1S/C14H16BrN3O4S/c15-10-3-2-9(23-10)14(22)17-8-11(19)16-6-1-7-18-12(20)4-5-13(18)21/h2-3H,1,4-8H2,(H,16,19)(H,17,22). The quantitative estimate of drug-likeness (QED) is 0.523. The van der Waals surface area contributed by atoms with Crippen molar-refractivity contribution in [2.45, 2.75) is 19.3 Å². The molecule has 1 saturated heterocycles. The van der Waals surface area contributed by atoms with Crippen LogP contribution in [-0.2, 0) is 14.4 Å². The van der Waals surface area contributed by atoms with Crippen LogP contribution in [0.25, 0.3) is 0 Å². The molecule has 1 aliphatic heterocycles. The van der Waals surface area contributed by atoms with Crippen molar-refractivity contribution >= 4 is 50.9 Å². The van der Waals surface area contributed by atoms with Gasteiger partial charge in [0, 0.05) is 25.9 Å². The molecule has 2 heterocycles. The van der Waals surface area contributed by atoms with Crippen LogP contribution in [0.5, 0.6) is 0 Å². The summed E-state index contributed by atoms with van der Waals surface area (Å²) in [6.45, 7) is 0.541. The first kappa shape index (κ1) is 17.6. The van der Waals surface area contributed by atoms with Crippen LogP contribution >= 0.6 is 27.3 Å². The summed E-state index contributed by atoms with van der Waals surface area (Å²) in [7, 11) is 0. The molecule has 1 aliphatic rings. The van der Waals surface area contributed by atoms with E-state index in [4.69, 9.17) is 0 Å². The van der Waals surface area contributed by atoms with Crippen LogP contribution < -0.4 is 10.6 Å². The Morgan fingerprint density at radius 3 is 2.48 bits per heavy atom. The Balaban J connectivity index is 1.61. The molecular formula is C14H16BrN3O4S. The van der Waals surface area contributed by atoms with Gasteiger partial charge in [-0.25, -0.2) is 0 Å². The van der Waals surface area contributed by atoms with E-state index in [1.54, 1.807) is 12.1 Å². The summed E-state index contributed by atoms with van der Waals surface area (Å²) in [5.41, 5.74) is 0. The van der Waals surface area contributed by atoms with E-state index in [0.717, 1.165) is 3.79 Å². The van der Waals surface area contributed by atoms with Crippen LogP contribution in [-0.4, -0.2) is 48.2 Å². The van der Waals surface area contributed by atoms with Crippen molar-refractivity contribution in [2.75, 3.05) is 19.6 Å². The molecular weight excluding hydrogens is 386 g/mol. The fraction of sp³-hybridized carbons (Fsp3) is 0.429. The predicted octanol–water partition coefficient (Wildman–Crippen LogP) is 0.896. The first-order chi connectivity index (χ1) is 11.0. The third-order valence-corrected chi connectivity index (χ3v) is 4.86. The normalized spacial score (nSPS) is 14.2. The first-order valence-corrected chi connectivity index (χ1v) is 8.72. The SMILES string of the molecule is O=C(CNC(=O)c1ccc(Br)s1)NCCCN1C(=O)CCC1=O. The van der Waals surface area contributed by atoms with Crippen molar-refractivity contribution in [1.82, 2.24) is 15.5 Å². The minimum absolute atomic E-state index is 0.115. The molecule has 2 N–H and O–H groups in total. The smallest absolute Gasteiger partial charge is 0.261 e. The molecule has 2 rings (SSSR count). The highest BCUT2D eigenvalue weighted by Crippen LogP contribution is 2.21. The molecule has 7 nitrogen and oxygen atoms in total. The molecule has 9 heteroatoms. The van der Waals surface area contributed by atoms with Crippen LogP contribution in [0.1, 0.15) is 28.9 Å². The number of imide groups is 1. The average Bonchev–Trinajstić information content (AvgIpc) is 3.08. The molecule has 0 radical (unpaired) electrons. The molecule has 23 heavy (non-hydrogen) atoms. The number of carbonyl (C=O) groups is 4. The Bertz CT molecular complexity index is 615. The molecule has 0 bridgehead atoms. The number of rotatable bonds is 7. The van der Waals surface area contributed by atoms with Crippen LogP contribution in [0.15, 0.2) is 15.9 Å². The number of amides is 4. The summed E-state index contributed by atoms with van der Waals surface area (Å²) >= 11 is 4.55. The van der Waals surface area contributed by atoms with Gasteiger partial charge in [0.1, 0.15) is 0 Å². The third-order valence-electron chi connectivity index (χ3n) is 3.24. The summed E-state index contributed by atoms with van der Waals surface area (Å²) < 4.78 is 0.845. The summed E-state index contributed by atoms with van der Waals surface area (Å²) in [5, 5.41) is 5.17. The number of carbonyl (C=O) groups excluding carboxylic acids is 4. The Labute approximate surface area is 145 Å². The lowest BCUT2D eigenvalue weighted by molar-refractivity contribution is -0.138. The van der Waals surface area contributed by atoms with E-state index in [1.807, 2.05) is 0 Å². The highest BCUT2D eigenvalue weighted by atomic mass is 79.9. The van der Waals surface area contributed by atoms with E-state index < -0.39 is 0 Å². The van der Waals surface area contributed by atoms with Gasteiger partial charge >= 0.3 is 0 Å². The predicted molar refractivity (Wildman–Crippen MR) is 87.9 cm³/mol. The minimum atomic E-state index is -0.312. The average molecular weight is 402 g/mol. The van der Waals surface area contributed by atoms with E-state index in [9.17, 15) is 19.2 Å². The van der Waals surface area contributed by atoms with Gasteiger partial charge in [-0.15, -0.1) is 11.3 Å². The van der Waals surface area contributed by atoms with Crippen LogP contribution in [0.2, 0.25) is 0 Å². The lowest BCUT2D eigenvalue weighted by Gasteiger charge is -2.13. The molecule has 4 amide bonds. The topological polar surface area (TPSA) is 95.6 Å². The molecule has 1 fully saturated rings. The molecule has 0 aliphatic carbocycles. The summed E-state index contributed by atoms with van der Waals surface area (Å²) in [6, 6.07) is 3.44. The number of hydrogen-bond acceptors (Lipinski definition) is 5. The molecule has 0 aromatic carbocycles. The lowest BCUT2D eigenvalue weighted by Crippen LogP contribution is -2.38. The molecule has 0 atom stereocenters. The van der Waals surface area contributed by atoms with E-state index in [2.05, 4.69) is 26.6 Å². The van der Waals surface area contributed by atoms with Gasteiger partial charge in [0.15, 0.2) is 0 Å². The first-order valence-electron chi connectivity index (χ1n) is 7.11. The Morgan fingerprint density at radius 2 is 1.87 bits per heavy atom. The molecule has 1 aromatic rings. The number of halogens is 1. The number of nitrogens with zero attached hydrogens (tertiary/aromatic N) is 1. The van der Waals surface area contributed by atoms with E-state index >= 15 is 0 Å². The molecule has 1 aromatic heterocycles. The maximum Gasteiger partial charge on any atom is 0.261 e. The summed E-state index contributed by atoms with van der Waals surface area (Å²) in [5.74, 6) is -0.927. The molecule has 124 valence electrons. The van der Waals surface area contributed by atoms with Gasteiger partial charge in [0.25, 0.3) is 5.91 Å². The zero-order chi connectivity index (χ0) is 16.8. The Kier molecular flexibility index (Phi) is 6.28. The van der Waals surface area contributed by atoms with Gasteiger partial charge < -0.3 is 10.6 Å². The molecule has 0 spiro atoms. The van der Waals surface area contributed by atoms with E-state index in [-0.39, 0.29) is 43.0 Å². The Hall–Kier alpha value is -1.74. The van der Waals surface area contributed by atoms with Gasteiger partial charge in [0.2, 0.25) is 17.7 Å². The van der Waals surface area contributed by atoms with Gasteiger partial charge in [-0.2, -0.15) is 0 Å². The maximum absolute atomic E-state index is 11.8. The van der Waals surface area contributed by atoms with Crippen molar-refractivity contribution in [3.05, 3.63) is 20.8 Å². The highest BCUT2D eigenvalue weighted by molar-refractivity contribution is 9.11. The zero-order valence-electron chi connectivity index (χ0n) is 12.3. The minimum Gasteiger partial charge on any atom is -0.355 e. The van der Waals surface area contributed by atoms with Crippen molar-refractivity contribution < 1.29 is 19.2 Å². The fourth-order valence-corrected chi connectivity index (χ4v) is 3.39. The van der Waals surface area contributed by atoms with Crippen LogP contribution in [0.3, 0.4) is 0 Å². The number of thiophene rings is 1. The van der Waals surface area contributed by atoms with Crippen LogP contribution in [0, 0.1) is 0 Å². The molecule has 0 saturated carbocycles. The second-order valence-corrected chi connectivity index (χ2v) is 7.39. The van der Waals surface area contributed by atoms with Crippen molar-refractivity contribution in [3.63, 3.8) is 0 Å². The largest absolute Gasteiger partial charge is 0.355 e. The van der Waals surface area contributed by atoms with Crippen molar-refractivity contribution in [2.24, 2.45) is 0 Å². The van der Waals surface area contributed by atoms with Crippen molar-refractivity contribution in [1.29, 1.82) is 0 Å². The monoisotopic (exact) mass is 401 g/mol. The fourth-order valence-electron chi connectivity index (χ4n) is 2.08. The van der Waals surface area contributed by atoms with Gasteiger partial charge in [-0.1, -0.05) is 0 Å². The maximum atomic E-state index is 11.8. The third kappa shape index (κ3) is 5.14. The highest BCUT2D eigenvalue weighted by Gasteiger charge is 2.27. The van der Waals surface area contributed by atoms with Crippen molar-refractivity contribution in [3.8, 4) is 0 Å². The van der Waals surface area contributed by atoms with Crippen LogP contribution in [0.4, 0.5) is 0 Å². The lowest BCUT2D eigenvalue weighted by atomic mass is 10.3. The van der Waals surface area contributed by atoms with Gasteiger partial charge in [0.05, 0.1) is 15.2 Å². The number of nitrogens with one attached hydrogen (secondary N) is 2. The van der Waals surface area contributed by atoms with Gasteiger partial charge in [-0.05, 0) is 34.5 Å². The Morgan fingerprint density at radius 1 is 1.17 bits per heavy atom. The molecule has 0 unspecified atom stereocenters. The second-order valence-electron chi connectivity index (χ2n) is 4.93. The summed E-state index contributed by atoms with van der Waals surface area (Å²) in [6.07, 6.45) is 1.04. The van der Waals surface area contributed by atoms with E-state index in [1.165, 1.54) is 16.2 Å². The number of hydrogen-bond donors (Lipinski definition) is 2. The number of likely N-dealkylation sites (tertiary alicyclic amines) is 1. The van der Waals surface area contributed by atoms with Gasteiger partial charge in [-0.3, -0.25) is 24.1 Å². The second kappa shape index (κ2) is 8.21. The zero-order valence-corrected chi connectivity index (χ0v) is 14.7.